The molecule has 5 rings (SSSR count). The standard InChI is InChI=1S/C27H20N2O4/c30-26-20(13-18-6-1-3-7-23(18)27(31)32)14-19-15-22(11-12-25(19)29-26)33-16-21-10-9-17-5-2-4-8-24(17)28-21/h1-12,14-15,20H,13,16H2,(H,31,32). The minimum Gasteiger partial charge on any atom is -0.487 e. The average molecular weight is 436 g/mol. The van der Waals surface area contributed by atoms with E-state index in [2.05, 4.69) is 9.98 Å². The molecule has 3 aromatic carbocycles. The minimum absolute atomic E-state index is 0.199. The molecule has 33 heavy (non-hydrogen) atoms. The summed E-state index contributed by atoms with van der Waals surface area (Å²) >= 11 is 0. The number of ether oxygens (including phenoxy) is 1. The maximum Gasteiger partial charge on any atom is 0.335 e. The SMILES string of the molecule is O=C(O)c1ccccc1CC1C=c2cc(OCc3ccc4ccccc4n3)ccc2=NC1=O. The molecule has 2 heterocycles. The number of nitrogens with zero attached hydrogens (tertiary/aromatic N) is 2. The van der Waals surface area contributed by atoms with E-state index in [-0.39, 0.29) is 17.9 Å². The molecule has 1 aliphatic rings. The van der Waals surface area contributed by atoms with Crippen LogP contribution in [0.4, 0.5) is 0 Å². The molecular weight excluding hydrogens is 416 g/mol. The van der Waals surface area contributed by atoms with E-state index < -0.39 is 11.9 Å². The number of carboxylic acid groups (broad SMARTS) is 1. The van der Waals surface area contributed by atoms with Crippen LogP contribution in [0.3, 0.4) is 0 Å². The first-order valence-electron chi connectivity index (χ1n) is 10.6. The number of hydrogen-bond acceptors (Lipinski definition) is 4. The quantitative estimate of drug-likeness (QED) is 0.501. The zero-order valence-electron chi connectivity index (χ0n) is 17.6. The summed E-state index contributed by atoms with van der Waals surface area (Å²) in [6.45, 7) is 0.315. The van der Waals surface area contributed by atoms with Gasteiger partial charge >= 0.3 is 5.97 Å². The van der Waals surface area contributed by atoms with Crippen molar-refractivity contribution in [1.29, 1.82) is 0 Å². The van der Waals surface area contributed by atoms with Gasteiger partial charge in [0, 0.05) is 10.6 Å². The largest absolute Gasteiger partial charge is 0.487 e. The summed E-state index contributed by atoms with van der Waals surface area (Å²) in [6.07, 6.45) is 2.11. The number of carboxylic acids is 1. The summed E-state index contributed by atoms with van der Waals surface area (Å²) < 4.78 is 5.95. The van der Waals surface area contributed by atoms with Crippen LogP contribution in [0.1, 0.15) is 21.6 Å². The lowest BCUT2D eigenvalue weighted by molar-refractivity contribution is -0.120. The second-order valence-electron chi connectivity index (χ2n) is 7.89. The molecule has 1 amide bonds. The van der Waals surface area contributed by atoms with Crippen molar-refractivity contribution in [1.82, 2.24) is 4.98 Å². The smallest absolute Gasteiger partial charge is 0.335 e. The van der Waals surface area contributed by atoms with E-state index in [1.165, 1.54) is 0 Å². The Labute approximate surface area is 189 Å². The lowest BCUT2D eigenvalue weighted by Gasteiger charge is -2.14. The molecule has 1 unspecified atom stereocenters. The van der Waals surface area contributed by atoms with E-state index in [0.29, 0.717) is 23.3 Å². The fourth-order valence-electron chi connectivity index (χ4n) is 3.98. The van der Waals surface area contributed by atoms with Gasteiger partial charge in [0.25, 0.3) is 5.91 Å². The van der Waals surface area contributed by atoms with E-state index in [1.807, 2.05) is 48.5 Å². The minimum atomic E-state index is -1.01. The molecule has 1 N–H and O–H groups in total. The fraction of sp³-hybridized carbons (Fsp3) is 0.111. The molecule has 6 heteroatoms. The van der Waals surface area contributed by atoms with Gasteiger partial charge in [0.15, 0.2) is 0 Å². The highest BCUT2D eigenvalue weighted by Gasteiger charge is 2.21. The van der Waals surface area contributed by atoms with Crippen LogP contribution in [0.15, 0.2) is 83.9 Å². The normalized spacial score (nSPS) is 14.8. The predicted octanol–water partition coefficient (Wildman–Crippen LogP) is 3.31. The third kappa shape index (κ3) is 4.36. The molecule has 0 bridgehead atoms. The molecule has 0 saturated carbocycles. The van der Waals surface area contributed by atoms with Gasteiger partial charge in [-0.15, -0.1) is 0 Å². The number of carbonyl (C=O) groups is 2. The van der Waals surface area contributed by atoms with Crippen LogP contribution < -0.4 is 15.3 Å². The van der Waals surface area contributed by atoms with Crippen LogP contribution in [0, 0.1) is 5.92 Å². The number of rotatable bonds is 6. The highest BCUT2D eigenvalue weighted by molar-refractivity contribution is 5.91. The van der Waals surface area contributed by atoms with Gasteiger partial charge in [-0.2, -0.15) is 0 Å². The summed E-state index contributed by atoms with van der Waals surface area (Å²) in [5, 5.41) is 11.9. The highest BCUT2D eigenvalue weighted by atomic mass is 16.5. The number of aromatic nitrogens is 1. The summed E-state index contributed by atoms with van der Waals surface area (Å²) in [6, 6.07) is 24.0. The Hall–Kier alpha value is -4.32. The maximum absolute atomic E-state index is 12.6. The van der Waals surface area contributed by atoms with Crippen LogP contribution >= 0.6 is 0 Å². The van der Waals surface area contributed by atoms with Crippen molar-refractivity contribution in [2.45, 2.75) is 13.0 Å². The van der Waals surface area contributed by atoms with E-state index in [9.17, 15) is 14.7 Å². The van der Waals surface area contributed by atoms with Gasteiger partial charge in [-0.25, -0.2) is 14.8 Å². The molecule has 0 radical (unpaired) electrons. The van der Waals surface area contributed by atoms with Gasteiger partial charge in [-0.1, -0.05) is 48.5 Å². The average Bonchev–Trinajstić information content (AvgIpc) is 2.83. The van der Waals surface area contributed by atoms with Crippen molar-refractivity contribution in [2.75, 3.05) is 0 Å². The molecule has 162 valence electrons. The van der Waals surface area contributed by atoms with Gasteiger partial charge in [0.2, 0.25) is 0 Å². The Balaban J connectivity index is 1.38. The Morgan fingerprint density at radius 1 is 0.970 bits per heavy atom. The molecule has 0 spiro atoms. The molecule has 6 nitrogen and oxygen atoms in total. The van der Waals surface area contributed by atoms with Crippen molar-refractivity contribution in [3.05, 3.63) is 106 Å². The van der Waals surface area contributed by atoms with Gasteiger partial charge in [0.1, 0.15) is 12.4 Å². The number of fused-ring (bicyclic) bond motifs is 2. The molecule has 0 saturated heterocycles. The topological polar surface area (TPSA) is 88.8 Å². The van der Waals surface area contributed by atoms with Crippen molar-refractivity contribution in [3.8, 4) is 5.75 Å². The molecule has 4 aromatic rings. The molecule has 1 atom stereocenters. The fourth-order valence-corrected chi connectivity index (χ4v) is 3.98. The summed E-state index contributed by atoms with van der Waals surface area (Å²) in [7, 11) is 0. The molecular formula is C27H20N2O4. The van der Waals surface area contributed by atoms with Crippen LogP contribution in [0.25, 0.3) is 17.0 Å². The van der Waals surface area contributed by atoms with Gasteiger partial charge in [0.05, 0.1) is 28.0 Å². The molecule has 1 aromatic heterocycles. The van der Waals surface area contributed by atoms with Crippen molar-refractivity contribution in [3.63, 3.8) is 0 Å². The number of amides is 1. The van der Waals surface area contributed by atoms with Crippen molar-refractivity contribution >= 4 is 28.9 Å². The van der Waals surface area contributed by atoms with Crippen LogP contribution in [0.2, 0.25) is 0 Å². The third-order valence-electron chi connectivity index (χ3n) is 5.66. The second-order valence-corrected chi connectivity index (χ2v) is 7.89. The molecule has 0 fully saturated rings. The summed E-state index contributed by atoms with van der Waals surface area (Å²) in [4.78, 5) is 32.9. The summed E-state index contributed by atoms with van der Waals surface area (Å²) in [5.74, 6) is -1.18. The Morgan fingerprint density at radius 3 is 2.67 bits per heavy atom. The second kappa shape index (κ2) is 8.67. The number of hydrogen-bond donors (Lipinski definition) is 1. The number of carbonyl (C=O) groups excluding carboxylic acids is 1. The van der Waals surface area contributed by atoms with Crippen molar-refractivity contribution < 1.29 is 19.4 Å². The van der Waals surface area contributed by atoms with Gasteiger partial charge in [-0.3, -0.25) is 4.79 Å². The van der Waals surface area contributed by atoms with Crippen LogP contribution in [-0.2, 0) is 17.8 Å². The molecule has 1 aliphatic heterocycles. The van der Waals surface area contributed by atoms with Crippen LogP contribution in [0.5, 0.6) is 5.75 Å². The first kappa shape index (κ1) is 20.6. The Morgan fingerprint density at radius 2 is 1.79 bits per heavy atom. The van der Waals surface area contributed by atoms with Crippen LogP contribution in [-0.4, -0.2) is 22.0 Å². The van der Waals surface area contributed by atoms with E-state index in [4.69, 9.17) is 4.74 Å². The lowest BCUT2D eigenvalue weighted by atomic mass is 9.93. The predicted molar refractivity (Wildman–Crippen MR) is 123 cm³/mol. The first-order valence-corrected chi connectivity index (χ1v) is 10.6. The zero-order valence-corrected chi connectivity index (χ0v) is 17.6. The number of pyridine rings is 1. The summed E-state index contributed by atoms with van der Waals surface area (Å²) in [5.41, 5.74) is 2.54. The van der Waals surface area contributed by atoms with Gasteiger partial charge in [-0.05, 0) is 48.4 Å². The van der Waals surface area contributed by atoms with E-state index >= 15 is 0 Å². The number of para-hydroxylation sites is 1. The Bertz CT molecular complexity index is 1510. The highest BCUT2D eigenvalue weighted by Crippen LogP contribution is 2.18. The number of benzene rings is 3. The third-order valence-corrected chi connectivity index (χ3v) is 5.66. The maximum atomic E-state index is 12.6. The molecule has 0 aliphatic carbocycles. The van der Waals surface area contributed by atoms with Gasteiger partial charge < -0.3 is 9.84 Å². The lowest BCUT2D eigenvalue weighted by Crippen LogP contribution is -2.34. The van der Waals surface area contributed by atoms with Crippen molar-refractivity contribution in [2.24, 2.45) is 10.9 Å². The van der Waals surface area contributed by atoms with E-state index in [1.54, 1.807) is 36.4 Å². The zero-order chi connectivity index (χ0) is 22.8. The first-order chi connectivity index (χ1) is 16.1. The number of aromatic carboxylic acids is 1. The Kier molecular flexibility index (Phi) is 5.40. The van der Waals surface area contributed by atoms with E-state index in [0.717, 1.165) is 21.8 Å². The monoisotopic (exact) mass is 436 g/mol.